The first-order valence-electron chi connectivity index (χ1n) is 10.3. The number of fused-ring (bicyclic) bond motifs is 1. The molecule has 3 amide bonds. The van der Waals surface area contributed by atoms with Crippen LogP contribution < -0.4 is 16.0 Å². The zero-order chi connectivity index (χ0) is 20.7. The van der Waals surface area contributed by atoms with Crippen molar-refractivity contribution < 1.29 is 14.4 Å². The van der Waals surface area contributed by atoms with Crippen molar-refractivity contribution in [3.8, 4) is 0 Å². The van der Waals surface area contributed by atoms with E-state index in [-0.39, 0.29) is 24.1 Å². The predicted octanol–water partition coefficient (Wildman–Crippen LogP) is 0.860. The molecule has 2 aromatic rings. The van der Waals surface area contributed by atoms with E-state index in [1.165, 1.54) is 0 Å². The summed E-state index contributed by atoms with van der Waals surface area (Å²) in [4.78, 5) is 38.5. The van der Waals surface area contributed by atoms with Gasteiger partial charge in [-0.25, -0.2) is 0 Å². The summed E-state index contributed by atoms with van der Waals surface area (Å²) < 4.78 is 0. The van der Waals surface area contributed by atoms with Gasteiger partial charge in [-0.1, -0.05) is 18.2 Å². The molecular weight excluding hydrogens is 384 g/mol. The maximum absolute atomic E-state index is 13.2. The van der Waals surface area contributed by atoms with Crippen molar-refractivity contribution in [3.63, 3.8) is 0 Å². The van der Waals surface area contributed by atoms with Gasteiger partial charge in [-0.3, -0.25) is 24.8 Å². The Morgan fingerprint density at radius 2 is 2.10 bits per heavy atom. The lowest BCUT2D eigenvalue weighted by molar-refractivity contribution is -0.136. The van der Waals surface area contributed by atoms with Gasteiger partial charge in [0.15, 0.2) is 0 Å². The zero-order valence-electron chi connectivity index (χ0n) is 16.5. The lowest BCUT2D eigenvalue weighted by atomic mass is 10.0. The number of aromatic amines is 1. The van der Waals surface area contributed by atoms with E-state index < -0.39 is 6.04 Å². The number of piperidine rings is 1. The Morgan fingerprint density at radius 3 is 2.90 bits per heavy atom. The van der Waals surface area contributed by atoms with Gasteiger partial charge in [-0.05, 0) is 30.5 Å². The Bertz CT molecular complexity index is 1010. The molecule has 2 unspecified atom stereocenters. The smallest absolute Gasteiger partial charge is 0.255 e. The van der Waals surface area contributed by atoms with Gasteiger partial charge in [0.05, 0.1) is 17.6 Å². The van der Waals surface area contributed by atoms with E-state index in [1.807, 2.05) is 18.2 Å². The SMILES string of the molecule is O=C1CCC(N2Cc3cccc(CNc4cn[nH]c4C4CCNC4)c3C2=O)C(=O)N1. The van der Waals surface area contributed by atoms with Crippen molar-refractivity contribution in [2.24, 2.45) is 0 Å². The third-order valence-corrected chi connectivity index (χ3v) is 6.25. The first-order chi connectivity index (χ1) is 14.6. The number of benzene rings is 1. The molecule has 30 heavy (non-hydrogen) atoms. The van der Waals surface area contributed by atoms with Gasteiger partial charge in [-0.2, -0.15) is 5.10 Å². The van der Waals surface area contributed by atoms with Crippen LogP contribution >= 0.6 is 0 Å². The van der Waals surface area contributed by atoms with Gasteiger partial charge in [-0.15, -0.1) is 0 Å². The fourth-order valence-corrected chi connectivity index (χ4v) is 4.68. The molecule has 156 valence electrons. The predicted molar refractivity (Wildman–Crippen MR) is 109 cm³/mol. The van der Waals surface area contributed by atoms with Crippen LogP contribution in [0.2, 0.25) is 0 Å². The Balaban J connectivity index is 1.34. The number of carbonyl (C=O) groups excluding carboxylic acids is 3. The highest BCUT2D eigenvalue weighted by molar-refractivity contribution is 6.06. The second kappa shape index (κ2) is 7.56. The second-order valence-electron chi connectivity index (χ2n) is 8.09. The number of aromatic nitrogens is 2. The van der Waals surface area contributed by atoms with Crippen LogP contribution in [0.15, 0.2) is 24.4 Å². The Hall–Kier alpha value is -3.20. The number of H-pyrrole nitrogens is 1. The number of anilines is 1. The fourth-order valence-electron chi connectivity index (χ4n) is 4.68. The standard InChI is InChI=1S/C21H24N6O3/c28-17-5-4-16(20(29)25-17)27-11-14-3-1-2-12(18(14)21(27)30)9-23-15-10-24-26-19(15)13-6-7-22-8-13/h1-3,10,13,16,22-23H,4-9,11H2,(H,24,26)(H,25,28,29). The summed E-state index contributed by atoms with van der Waals surface area (Å²) in [6, 6.07) is 5.21. The summed E-state index contributed by atoms with van der Waals surface area (Å²) in [6.07, 6.45) is 3.47. The number of amides is 3. The quantitative estimate of drug-likeness (QED) is 0.545. The normalized spacial score (nSPS) is 23.6. The largest absolute Gasteiger partial charge is 0.378 e. The molecule has 1 aromatic heterocycles. The molecule has 0 bridgehead atoms. The Labute approximate surface area is 173 Å². The molecule has 5 rings (SSSR count). The van der Waals surface area contributed by atoms with Crippen molar-refractivity contribution >= 4 is 23.4 Å². The van der Waals surface area contributed by atoms with Crippen LogP contribution in [0.4, 0.5) is 5.69 Å². The van der Waals surface area contributed by atoms with Gasteiger partial charge < -0.3 is 15.5 Å². The van der Waals surface area contributed by atoms with E-state index in [2.05, 4.69) is 26.1 Å². The highest BCUT2D eigenvalue weighted by Gasteiger charge is 2.39. The number of rotatable bonds is 5. The summed E-state index contributed by atoms with van der Waals surface area (Å²) in [5.74, 6) is -0.413. The molecule has 9 nitrogen and oxygen atoms in total. The summed E-state index contributed by atoms with van der Waals surface area (Å²) >= 11 is 0. The van der Waals surface area contributed by atoms with Crippen molar-refractivity contribution in [2.45, 2.75) is 44.3 Å². The summed E-state index contributed by atoms with van der Waals surface area (Å²) in [5.41, 5.74) is 4.50. The van der Waals surface area contributed by atoms with E-state index in [0.29, 0.717) is 31.0 Å². The second-order valence-corrected chi connectivity index (χ2v) is 8.09. The van der Waals surface area contributed by atoms with Crippen molar-refractivity contribution in [1.82, 2.24) is 25.7 Å². The Morgan fingerprint density at radius 1 is 1.20 bits per heavy atom. The first-order valence-corrected chi connectivity index (χ1v) is 10.3. The van der Waals surface area contributed by atoms with Gasteiger partial charge in [0.1, 0.15) is 6.04 Å². The van der Waals surface area contributed by atoms with Gasteiger partial charge in [0, 0.05) is 37.5 Å². The number of nitrogens with one attached hydrogen (secondary N) is 4. The van der Waals surface area contributed by atoms with E-state index in [0.717, 1.165) is 42.0 Å². The Kier molecular flexibility index (Phi) is 4.74. The topological polar surface area (TPSA) is 119 Å². The molecule has 4 N–H and O–H groups in total. The van der Waals surface area contributed by atoms with Crippen LogP contribution in [0.3, 0.4) is 0 Å². The monoisotopic (exact) mass is 408 g/mol. The van der Waals surface area contributed by atoms with Crippen LogP contribution in [0.5, 0.6) is 0 Å². The van der Waals surface area contributed by atoms with E-state index in [4.69, 9.17) is 0 Å². The zero-order valence-corrected chi connectivity index (χ0v) is 16.5. The molecule has 3 aliphatic heterocycles. The van der Waals surface area contributed by atoms with Crippen molar-refractivity contribution in [2.75, 3.05) is 18.4 Å². The molecule has 1 aromatic carbocycles. The highest BCUT2D eigenvalue weighted by Crippen LogP contribution is 2.31. The van der Waals surface area contributed by atoms with E-state index in [1.54, 1.807) is 11.1 Å². The fraction of sp³-hybridized carbons (Fsp3) is 0.429. The average Bonchev–Trinajstić information content (AvgIpc) is 3.47. The molecular formula is C21H24N6O3. The highest BCUT2D eigenvalue weighted by atomic mass is 16.2. The summed E-state index contributed by atoms with van der Waals surface area (Å²) in [5, 5.41) is 16.4. The molecule has 0 aliphatic carbocycles. The lowest BCUT2D eigenvalue weighted by Crippen LogP contribution is -2.52. The summed E-state index contributed by atoms with van der Waals surface area (Å²) in [7, 11) is 0. The van der Waals surface area contributed by atoms with Crippen LogP contribution in [0, 0.1) is 0 Å². The maximum atomic E-state index is 13.2. The minimum atomic E-state index is -0.598. The number of hydrogen-bond acceptors (Lipinski definition) is 6. The molecule has 2 fully saturated rings. The molecule has 2 saturated heterocycles. The van der Waals surface area contributed by atoms with Crippen LogP contribution in [-0.4, -0.2) is 52.0 Å². The van der Waals surface area contributed by atoms with Crippen LogP contribution in [0.25, 0.3) is 0 Å². The molecule has 0 spiro atoms. The molecule has 4 heterocycles. The minimum absolute atomic E-state index is 0.149. The van der Waals surface area contributed by atoms with E-state index >= 15 is 0 Å². The third-order valence-electron chi connectivity index (χ3n) is 6.25. The van der Waals surface area contributed by atoms with Crippen LogP contribution in [0.1, 0.15) is 52.4 Å². The number of carbonyl (C=O) groups is 3. The first kappa shape index (κ1) is 18.8. The average molecular weight is 408 g/mol. The molecule has 0 saturated carbocycles. The van der Waals surface area contributed by atoms with Gasteiger partial charge in [0.2, 0.25) is 11.8 Å². The maximum Gasteiger partial charge on any atom is 0.255 e. The van der Waals surface area contributed by atoms with Crippen LogP contribution in [-0.2, 0) is 22.7 Å². The number of imide groups is 1. The molecule has 0 radical (unpaired) electrons. The van der Waals surface area contributed by atoms with Crippen molar-refractivity contribution in [1.29, 1.82) is 0 Å². The minimum Gasteiger partial charge on any atom is -0.378 e. The van der Waals surface area contributed by atoms with Crippen molar-refractivity contribution in [3.05, 3.63) is 46.8 Å². The molecule has 9 heteroatoms. The van der Waals surface area contributed by atoms with Gasteiger partial charge >= 0.3 is 0 Å². The molecule has 3 aliphatic rings. The number of hydrogen-bond donors (Lipinski definition) is 4. The van der Waals surface area contributed by atoms with Gasteiger partial charge in [0.25, 0.3) is 5.91 Å². The number of nitrogens with zero attached hydrogens (tertiary/aromatic N) is 2. The third kappa shape index (κ3) is 3.24. The van der Waals surface area contributed by atoms with E-state index in [9.17, 15) is 14.4 Å². The summed E-state index contributed by atoms with van der Waals surface area (Å²) in [6.45, 7) is 2.81. The lowest BCUT2D eigenvalue weighted by Gasteiger charge is -2.29. The molecule has 2 atom stereocenters.